The molecule has 116 valence electrons. The SMILES string of the molecule is Cc1nn(C)c(N(C)C(C)CC(C)C)c1CNC(C)C. The van der Waals surface area contributed by atoms with E-state index in [1.807, 2.05) is 11.7 Å². The molecule has 0 saturated heterocycles. The molecule has 1 aromatic heterocycles. The molecular weight excluding hydrogens is 248 g/mol. The molecule has 20 heavy (non-hydrogen) atoms. The van der Waals surface area contributed by atoms with Crippen LogP contribution >= 0.6 is 0 Å². The van der Waals surface area contributed by atoms with E-state index < -0.39 is 0 Å². The lowest BCUT2D eigenvalue weighted by Gasteiger charge is -2.29. The Morgan fingerprint density at radius 2 is 1.80 bits per heavy atom. The van der Waals surface area contributed by atoms with Crippen LogP contribution in [0.1, 0.15) is 52.3 Å². The van der Waals surface area contributed by atoms with Crippen LogP contribution in [0.5, 0.6) is 0 Å². The zero-order valence-corrected chi connectivity index (χ0v) is 14.5. The lowest BCUT2D eigenvalue weighted by atomic mass is 10.0. The van der Waals surface area contributed by atoms with E-state index >= 15 is 0 Å². The van der Waals surface area contributed by atoms with Gasteiger partial charge in [-0.05, 0) is 26.2 Å². The maximum absolute atomic E-state index is 4.61. The lowest BCUT2D eigenvalue weighted by molar-refractivity contribution is 0.495. The van der Waals surface area contributed by atoms with Gasteiger partial charge in [0.25, 0.3) is 0 Å². The highest BCUT2D eigenvalue weighted by molar-refractivity contribution is 5.50. The Kier molecular flexibility index (Phi) is 6.06. The van der Waals surface area contributed by atoms with Gasteiger partial charge in [-0.1, -0.05) is 27.7 Å². The normalized spacial score (nSPS) is 13.3. The van der Waals surface area contributed by atoms with E-state index in [0.29, 0.717) is 18.0 Å². The van der Waals surface area contributed by atoms with Gasteiger partial charge in [0, 0.05) is 38.3 Å². The lowest BCUT2D eigenvalue weighted by Crippen LogP contribution is -2.33. The molecule has 1 rings (SSSR count). The summed E-state index contributed by atoms with van der Waals surface area (Å²) in [5.74, 6) is 1.95. The van der Waals surface area contributed by atoms with Crippen molar-refractivity contribution in [3.05, 3.63) is 11.3 Å². The van der Waals surface area contributed by atoms with Gasteiger partial charge < -0.3 is 10.2 Å². The Hall–Kier alpha value is -1.03. The Labute approximate surface area is 124 Å². The first-order valence-electron chi connectivity index (χ1n) is 7.72. The maximum Gasteiger partial charge on any atom is 0.131 e. The van der Waals surface area contributed by atoms with Crippen LogP contribution in [0.25, 0.3) is 0 Å². The van der Waals surface area contributed by atoms with Gasteiger partial charge in [0.05, 0.1) is 5.69 Å². The largest absolute Gasteiger partial charge is 0.357 e. The Morgan fingerprint density at radius 1 is 1.20 bits per heavy atom. The van der Waals surface area contributed by atoms with Crippen LogP contribution in [0.3, 0.4) is 0 Å². The van der Waals surface area contributed by atoms with Crippen LogP contribution in [-0.4, -0.2) is 28.9 Å². The molecule has 4 heteroatoms. The summed E-state index contributed by atoms with van der Waals surface area (Å²) in [7, 11) is 4.22. The molecule has 0 bridgehead atoms. The Bertz CT molecular complexity index is 420. The topological polar surface area (TPSA) is 33.1 Å². The van der Waals surface area contributed by atoms with Crippen LogP contribution in [0.15, 0.2) is 0 Å². The van der Waals surface area contributed by atoms with E-state index in [1.165, 1.54) is 17.8 Å². The Balaban J connectivity index is 2.97. The number of nitrogens with one attached hydrogen (secondary N) is 1. The number of aromatic nitrogens is 2. The maximum atomic E-state index is 4.61. The van der Waals surface area contributed by atoms with E-state index in [9.17, 15) is 0 Å². The second kappa shape index (κ2) is 7.11. The zero-order chi connectivity index (χ0) is 15.4. The summed E-state index contributed by atoms with van der Waals surface area (Å²) in [5.41, 5.74) is 2.44. The summed E-state index contributed by atoms with van der Waals surface area (Å²) in [4.78, 5) is 2.37. The van der Waals surface area contributed by atoms with Crippen LogP contribution in [0.4, 0.5) is 5.82 Å². The van der Waals surface area contributed by atoms with Crippen LogP contribution in [0.2, 0.25) is 0 Å². The molecule has 0 aliphatic carbocycles. The van der Waals surface area contributed by atoms with Crippen molar-refractivity contribution in [2.24, 2.45) is 13.0 Å². The van der Waals surface area contributed by atoms with Crippen molar-refractivity contribution in [3.8, 4) is 0 Å². The molecule has 1 heterocycles. The molecule has 0 aliphatic rings. The van der Waals surface area contributed by atoms with Crippen molar-refractivity contribution in [3.63, 3.8) is 0 Å². The Morgan fingerprint density at radius 3 is 2.30 bits per heavy atom. The first kappa shape index (κ1) is 17.0. The summed E-state index contributed by atoms with van der Waals surface area (Å²) >= 11 is 0. The molecule has 0 saturated carbocycles. The molecule has 1 aromatic rings. The van der Waals surface area contributed by atoms with Gasteiger partial charge in [-0.25, -0.2) is 0 Å². The fourth-order valence-electron chi connectivity index (χ4n) is 2.69. The number of hydrogen-bond acceptors (Lipinski definition) is 3. The van der Waals surface area contributed by atoms with Gasteiger partial charge in [-0.15, -0.1) is 0 Å². The summed E-state index contributed by atoms with van der Waals surface area (Å²) in [6.45, 7) is 14.2. The van der Waals surface area contributed by atoms with Gasteiger partial charge in [0.1, 0.15) is 5.82 Å². The average molecular weight is 280 g/mol. The molecule has 0 aromatic carbocycles. The van der Waals surface area contributed by atoms with Gasteiger partial charge >= 0.3 is 0 Å². The molecule has 1 atom stereocenters. The molecule has 0 amide bonds. The average Bonchev–Trinajstić information content (AvgIpc) is 2.59. The van der Waals surface area contributed by atoms with Crippen LogP contribution in [0, 0.1) is 12.8 Å². The van der Waals surface area contributed by atoms with Gasteiger partial charge in [-0.3, -0.25) is 4.68 Å². The highest BCUT2D eigenvalue weighted by atomic mass is 15.4. The van der Waals surface area contributed by atoms with Crippen molar-refractivity contribution < 1.29 is 0 Å². The second-order valence-corrected chi connectivity index (χ2v) is 6.64. The monoisotopic (exact) mass is 280 g/mol. The molecule has 1 N–H and O–H groups in total. The summed E-state index contributed by atoms with van der Waals surface area (Å²) in [6, 6.07) is 1.00. The zero-order valence-electron chi connectivity index (χ0n) is 14.5. The molecular formula is C16H32N4. The third-order valence-electron chi connectivity index (χ3n) is 3.81. The van der Waals surface area contributed by atoms with Crippen molar-refractivity contribution in [2.45, 2.75) is 66.6 Å². The first-order chi connectivity index (χ1) is 9.23. The quantitative estimate of drug-likeness (QED) is 0.833. The molecule has 0 radical (unpaired) electrons. The van der Waals surface area contributed by atoms with E-state index in [2.05, 4.69) is 63.9 Å². The second-order valence-electron chi connectivity index (χ2n) is 6.64. The smallest absolute Gasteiger partial charge is 0.131 e. The van der Waals surface area contributed by atoms with Crippen molar-refractivity contribution in [1.82, 2.24) is 15.1 Å². The third kappa shape index (κ3) is 4.23. The van der Waals surface area contributed by atoms with Crippen LogP contribution in [-0.2, 0) is 13.6 Å². The fourth-order valence-corrected chi connectivity index (χ4v) is 2.69. The van der Waals surface area contributed by atoms with Gasteiger partial charge in [0.2, 0.25) is 0 Å². The van der Waals surface area contributed by atoms with Crippen molar-refractivity contribution in [1.29, 1.82) is 0 Å². The minimum atomic E-state index is 0.487. The number of nitrogens with zero attached hydrogens (tertiary/aromatic N) is 3. The van der Waals surface area contributed by atoms with E-state index in [0.717, 1.165) is 12.2 Å². The molecule has 0 fully saturated rings. The predicted octanol–water partition coefficient (Wildman–Crippen LogP) is 3.10. The number of anilines is 1. The van der Waals surface area contributed by atoms with Gasteiger partial charge in [0.15, 0.2) is 0 Å². The standard InChI is InChI=1S/C16H32N4/c1-11(2)9-13(5)19(7)16-15(10-17-12(3)4)14(6)18-20(16)8/h11-13,17H,9-10H2,1-8H3. The molecule has 1 unspecified atom stereocenters. The minimum absolute atomic E-state index is 0.487. The minimum Gasteiger partial charge on any atom is -0.357 e. The van der Waals surface area contributed by atoms with E-state index in [4.69, 9.17) is 0 Å². The molecule has 4 nitrogen and oxygen atoms in total. The fraction of sp³-hybridized carbons (Fsp3) is 0.812. The van der Waals surface area contributed by atoms with E-state index in [-0.39, 0.29) is 0 Å². The number of aryl methyl sites for hydroxylation is 2. The van der Waals surface area contributed by atoms with E-state index in [1.54, 1.807) is 0 Å². The highest BCUT2D eigenvalue weighted by Gasteiger charge is 2.21. The van der Waals surface area contributed by atoms with Crippen LogP contribution < -0.4 is 10.2 Å². The summed E-state index contributed by atoms with van der Waals surface area (Å²) < 4.78 is 2.02. The predicted molar refractivity (Wildman–Crippen MR) is 87.2 cm³/mol. The third-order valence-corrected chi connectivity index (χ3v) is 3.81. The van der Waals surface area contributed by atoms with Gasteiger partial charge in [-0.2, -0.15) is 5.10 Å². The summed E-state index contributed by atoms with van der Waals surface area (Å²) in [5, 5.41) is 8.12. The first-order valence-corrected chi connectivity index (χ1v) is 7.72. The van der Waals surface area contributed by atoms with Crippen molar-refractivity contribution >= 4 is 5.82 Å². The highest BCUT2D eigenvalue weighted by Crippen LogP contribution is 2.25. The number of hydrogen-bond donors (Lipinski definition) is 1. The summed E-state index contributed by atoms with van der Waals surface area (Å²) in [6.07, 6.45) is 1.19. The molecule has 0 aliphatic heterocycles. The molecule has 0 spiro atoms. The number of rotatable bonds is 7. The van der Waals surface area contributed by atoms with Crippen molar-refractivity contribution in [2.75, 3.05) is 11.9 Å².